The first kappa shape index (κ1) is 20.2. The molecule has 1 N–H and O–H groups in total. The molecule has 6 nitrogen and oxygen atoms in total. The zero-order valence-corrected chi connectivity index (χ0v) is 15.9. The number of rotatable bonds is 8. The van der Waals surface area contributed by atoms with E-state index in [2.05, 4.69) is 11.1 Å². The van der Waals surface area contributed by atoms with Crippen molar-refractivity contribution in [1.82, 2.24) is 4.98 Å². The predicted octanol–water partition coefficient (Wildman–Crippen LogP) is 3.80. The Kier molecular flexibility index (Phi) is 7.18. The van der Waals surface area contributed by atoms with E-state index < -0.39 is 11.9 Å². The zero-order valence-electron chi connectivity index (χ0n) is 15.9. The molecule has 0 spiro atoms. The molecule has 2 aromatic rings. The number of H-pyrrole nitrogens is 1. The van der Waals surface area contributed by atoms with Crippen molar-refractivity contribution < 1.29 is 19.1 Å². The van der Waals surface area contributed by atoms with Crippen LogP contribution in [0.3, 0.4) is 0 Å². The van der Waals surface area contributed by atoms with Gasteiger partial charge in [-0.15, -0.1) is 0 Å². The van der Waals surface area contributed by atoms with Crippen molar-refractivity contribution in [2.75, 3.05) is 6.61 Å². The van der Waals surface area contributed by atoms with Gasteiger partial charge in [0.2, 0.25) is 0 Å². The minimum atomic E-state index is -0.503. The number of aromatic nitrogens is 1. The van der Waals surface area contributed by atoms with E-state index in [1.165, 1.54) is 0 Å². The summed E-state index contributed by atoms with van der Waals surface area (Å²) in [4.78, 5) is 27.4. The van der Waals surface area contributed by atoms with Crippen LogP contribution < -0.4 is 0 Å². The Balaban J connectivity index is 2.24. The largest absolute Gasteiger partial charge is 0.466 e. The van der Waals surface area contributed by atoms with Gasteiger partial charge in [0.1, 0.15) is 12.3 Å². The van der Waals surface area contributed by atoms with E-state index in [0.717, 1.165) is 16.8 Å². The Morgan fingerprint density at radius 3 is 2.56 bits per heavy atom. The van der Waals surface area contributed by atoms with Crippen LogP contribution in [0.1, 0.15) is 59.1 Å². The number of nitrogens with one attached hydrogen (secondary N) is 1. The highest BCUT2D eigenvalue weighted by Gasteiger charge is 2.25. The van der Waals surface area contributed by atoms with Crippen LogP contribution in [0.4, 0.5) is 0 Å². The number of nitriles is 1. The average molecular weight is 368 g/mol. The van der Waals surface area contributed by atoms with Gasteiger partial charge in [-0.1, -0.05) is 30.3 Å². The minimum absolute atomic E-state index is 0.134. The van der Waals surface area contributed by atoms with Gasteiger partial charge in [0.05, 0.1) is 18.6 Å². The van der Waals surface area contributed by atoms with E-state index in [1.807, 2.05) is 37.3 Å². The molecule has 142 valence electrons. The molecule has 1 heterocycles. The first-order valence-corrected chi connectivity index (χ1v) is 8.95. The van der Waals surface area contributed by atoms with Gasteiger partial charge < -0.3 is 14.5 Å². The van der Waals surface area contributed by atoms with E-state index in [9.17, 15) is 14.9 Å². The van der Waals surface area contributed by atoms with Crippen LogP contribution in [0.25, 0.3) is 0 Å². The second kappa shape index (κ2) is 9.58. The molecule has 1 atom stereocenters. The lowest BCUT2D eigenvalue weighted by Crippen LogP contribution is -2.11. The molecule has 0 fully saturated rings. The number of esters is 2. The monoisotopic (exact) mass is 368 g/mol. The van der Waals surface area contributed by atoms with Crippen molar-refractivity contribution in [3.8, 4) is 6.07 Å². The molecule has 0 saturated heterocycles. The van der Waals surface area contributed by atoms with Crippen LogP contribution in [0.2, 0.25) is 0 Å². The third-order valence-electron chi connectivity index (χ3n) is 4.27. The van der Waals surface area contributed by atoms with Crippen LogP contribution in [-0.4, -0.2) is 23.5 Å². The number of aryl methyl sites for hydroxylation is 1. The molecule has 2 rings (SSSR count). The number of carbonyl (C=O) groups excluding carboxylic acids is 2. The lowest BCUT2D eigenvalue weighted by molar-refractivity contribution is -0.143. The summed E-state index contributed by atoms with van der Waals surface area (Å²) < 4.78 is 10.4. The summed E-state index contributed by atoms with van der Waals surface area (Å²) >= 11 is 0. The molecule has 0 aliphatic rings. The van der Waals surface area contributed by atoms with E-state index in [0.29, 0.717) is 24.3 Å². The molecule has 0 saturated carbocycles. The first-order valence-electron chi connectivity index (χ1n) is 8.95. The fourth-order valence-corrected chi connectivity index (χ4v) is 3.03. The predicted molar refractivity (Wildman–Crippen MR) is 100 cm³/mol. The van der Waals surface area contributed by atoms with Gasteiger partial charge in [-0.3, -0.25) is 4.79 Å². The van der Waals surface area contributed by atoms with Crippen LogP contribution in [-0.2, 0) is 27.3 Å². The van der Waals surface area contributed by atoms with Gasteiger partial charge >= 0.3 is 11.9 Å². The van der Waals surface area contributed by atoms with Crippen molar-refractivity contribution in [1.29, 1.82) is 5.26 Å². The van der Waals surface area contributed by atoms with Crippen molar-refractivity contribution in [3.63, 3.8) is 0 Å². The summed E-state index contributed by atoms with van der Waals surface area (Å²) in [6.45, 7) is 5.78. The maximum absolute atomic E-state index is 12.6. The molecular formula is C21H24N2O4. The highest BCUT2D eigenvalue weighted by molar-refractivity contribution is 5.90. The minimum Gasteiger partial charge on any atom is -0.466 e. The maximum Gasteiger partial charge on any atom is 0.355 e. The lowest BCUT2D eigenvalue weighted by Gasteiger charge is -2.10. The molecule has 27 heavy (non-hydrogen) atoms. The summed E-state index contributed by atoms with van der Waals surface area (Å²) in [5.41, 5.74) is 3.30. The molecule has 0 aliphatic carbocycles. The molecule has 0 amide bonds. The van der Waals surface area contributed by atoms with Crippen molar-refractivity contribution in [2.45, 2.75) is 46.1 Å². The highest BCUT2D eigenvalue weighted by atomic mass is 16.5. The summed E-state index contributed by atoms with van der Waals surface area (Å²) in [5.74, 6) is -1.25. The zero-order chi connectivity index (χ0) is 19.8. The Labute approximate surface area is 159 Å². The average Bonchev–Trinajstić information content (AvgIpc) is 3.01. The molecule has 1 unspecified atom stereocenters. The highest BCUT2D eigenvalue weighted by Crippen LogP contribution is 2.28. The number of nitrogens with zero attached hydrogens (tertiary/aromatic N) is 1. The number of carbonyl (C=O) groups is 2. The van der Waals surface area contributed by atoms with Crippen molar-refractivity contribution >= 4 is 11.9 Å². The van der Waals surface area contributed by atoms with Crippen molar-refractivity contribution in [3.05, 3.63) is 58.4 Å². The molecular weight excluding hydrogens is 344 g/mol. The molecule has 1 aromatic heterocycles. The van der Waals surface area contributed by atoms with E-state index >= 15 is 0 Å². The van der Waals surface area contributed by atoms with Gasteiger partial charge in [-0.25, -0.2) is 4.79 Å². The third kappa shape index (κ3) is 5.20. The van der Waals surface area contributed by atoms with Gasteiger partial charge in [-0.2, -0.15) is 5.26 Å². The number of hydrogen-bond donors (Lipinski definition) is 1. The third-order valence-corrected chi connectivity index (χ3v) is 4.27. The van der Waals surface area contributed by atoms with Gasteiger partial charge in [-0.05, 0) is 43.9 Å². The van der Waals surface area contributed by atoms with E-state index in [1.54, 1.807) is 13.8 Å². The molecule has 1 aromatic carbocycles. The standard InChI is InChI=1S/C21H24N2O4/c1-4-26-18(24)11-10-17-19(14(2)12-22)15(3)23-20(17)21(25)27-13-16-8-6-5-7-9-16/h5-9,14,23H,4,10-11,13H2,1-3H3. The molecule has 0 aliphatic heterocycles. The second-order valence-electron chi connectivity index (χ2n) is 6.23. The Hall–Kier alpha value is -3.07. The fraction of sp³-hybridized carbons (Fsp3) is 0.381. The summed E-state index contributed by atoms with van der Waals surface area (Å²) in [6.07, 6.45) is 0.440. The number of benzene rings is 1. The van der Waals surface area contributed by atoms with Crippen LogP contribution >= 0.6 is 0 Å². The van der Waals surface area contributed by atoms with Crippen LogP contribution in [0, 0.1) is 18.3 Å². The molecule has 6 heteroatoms. The Bertz CT molecular complexity index is 834. The lowest BCUT2D eigenvalue weighted by atomic mass is 9.94. The normalized spacial score (nSPS) is 11.5. The van der Waals surface area contributed by atoms with Gasteiger partial charge in [0, 0.05) is 12.1 Å². The number of hydrogen-bond acceptors (Lipinski definition) is 5. The second-order valence-corrected chi connectivity index (χ2v) is 6.23. The Morgan fingerprint density at radius 1 is 1.22 bits per heavy atom. The van der Waals surface area contributed by atoms with E-state index in [-0.39, 0.29) is 19.0 Å². The maximum atomic E-state index is 12.6. The number of ether oxygens (including phenoxy) is 2. The SMILES string of the molecule is CCOC(=O)CCc1c(C(=O)OCc2ccccc2)[nH]c(C)c1C(C)C#N. The van der Waals surface area contributed by atoms with Crippen LogP contribution in [0.5, 0.6) is 0 Å². The van der Waals surface area contributed by atoms with Gasteiger partial charge in [0.15, 0.2) is 0 Å². The summed E-state index contributed by atoms with van der Waals surface area (Å²) in [7, 11) is 0. The summed E-state index contributed by atoms with van der Waals surface area (Å²) in [6, 6.07) is 11.6. The smallest absolute Gasteiger partial charge is 0.355 e. The fourth-order valence-electron chi connectivity index (χ4n) is 3.03. The van der Waals surface area contributed by atoms with Crippen molar-refractivity contribution in [2.24, 2.45) is 0 Å². The van der Waals surface area contributed by atoms with Crippen LogP contribution in [0.15, 0.2) is 30.3 Å². The molecule has 0 radical (unpaired) electrons. The van der Waals surface area contributed by atoms with Gasteiger partial charge in [0.25, 0.3) is 0 Å². The van der Waals surface area contributed by atoms with E-state index in [4.69, 9.17) is 9.47 Å². The molecule has 0 bridgehead atoms. The quantitative estimate of drug-likeness (QED) is 0.716. The Morgan fingerprint density at radius 2 is 1.93 bits per heavy atom. The number of aromatic amines is 1. The summed E-state index contributed by atoms with van der Waals surface area (Å²) in [5, 5.41) is 9.33. The first-order chi connectivity index (χ1) is 13.0. The topological polar surface area (TPSA) is 92.2 Å².